The predicted molar refractivity (Wildman–Crippen MR) is 127 cm³/mol. The summed E-state index contributed by atoms with van der Waals surface area (Å²) < 4.78 is 5.06. The lowest BCUT2D eigenvalue weighted by atomic mass is 9.98. The van der Waals surface area contributed by atoms with Crippen molar-refractivity contribution in [2.75, 3.05) is 50.6 Å². The lowest BCUT2D eigenvalue weighted by Crippen LogP contribution is -2.54. The van der Waals surface area contributed by atoms with Crippen LogP contribution in [0.1, 0.15) is 43.4 Å². The first-order valence-corrected chi connectivity index (χ1v) is 11.6. The van der Waals surface area contributed by atoms with Gasteiger partial charge in [0.1, 0.15) is 0 Å². The number of rotatable bonds is 8. The molecule has 1 amide bonds. The number of nitrogens with two attached hydrogens (primary N) is 1. The van der Waals surface area contributed by atoms with E-state index in [1.807, 2.05) is 17.0 Å². The summed E-state index contributed by atoms with van der Waals surface area (Å²) in [6.45, 7) is 4.76. The number of anilines is 2. The summed E-state index contributed by atoms with van der Waals surface area (Å²) in [6, 6.07) is 10.4. The Bertz CT molecular complexity index is 960. The van der Waals surface area contributed by atoms with Gasteiger partial charge in [-0.05, 0) is 43.4 Å². The lowest BCUT2D eigenvalue weighted by molar-refractivity contribution is -0.134. The molecule has 7 nitrogen and oxygen atoms in total. The molecule has 1 aliphatic heterocycles. The molecule has 3 N–H and O–H groups in total. The number of benzene rings is 1. The molecule has 1 atom stereocenters. The van der Waals surface area contributed by atoms with E-state index < -0.39 is 0 Å². The van der Waals surface area contributed by atoms with Crippen LogP contribution in [-0.4, -0.2) is 66.9 Å². The smallest absolute Gasteiger partial charge is 0.225 e. The number of amides is 1. The summed E-state index contributed by atoms with van der Waals surface area (Å²) in [7, 11) is 1.62. The number of carbonyl (C=O) groups excluding carboxylic acids is 1. The predicted octanol–water partition coefficient (Wildman–Crippen LogP) is 2.82. The summed E-state index contributed by atoms with van der Waals surface area (Å²) in [6.07, 6.45) is 3.35. The zero-order valence-electron chi connectivity index (χ0n) is 19.1. The van der Waals surface area contributed by atoms with Crippen molar-refractivity contribution in [2.24, 2.45) is 0 Å². The van der Waals surface area contributed by atoms with E-state index in [1.165, 1.54) is 0 Å². The number of nitrogen functional groups attached to an aromatic ring is 1. The van der Waals surface area contributed by atoms with Crippen LogP contribution in [0.2, 0.25) is 0 Å². The lowest BCUT2D eigenvalue weighted by Gasteiger charge is -2.41. The van der Waals surface area contributed by atoms with Crippen LogP contribution in [0.15, 0.2) is 30.3 Å². The van der Waals surface area contributed by atoms with Crippen LogP contribution < -0.4 is 10.6 Å². The fraction of sp³-hybridized carbons (Fsp3) is 0.520. The second-order valence-corrected chi connectivity index (χ2v) is 8.91. The number of aliphatic hydroxyl groups excluding tert-OH is 1. The minimum atomic E-state index is 0.0912. The van der Waals surface area contributed by atoms with Crippen LogP contribution >= 0.6 is 0 Å². The van der Waals surface area contributed by atoms with Crippen LogP contribution in [0.4, 0.5) is 11.5 Å². The molecule has 2 aliphatic rings. The van der Waals surface area contributed by atoms with Gasteiger partial charge in [-0.2, -0.15) is 0 Å². The molecule has 172 valence electrons. The number of pyridine rings is 1. The molecular weight excluding hydrogens is 404 g/mol. The molecule has 0 bridgehead atoms. The van der Waals surface area contributed by atoms with Gasteiger partial charge in [-0.25, -0.2) is 4.98 Å². The van der Waals surface area contributed by atoms with Gasteiger partial charge in [-0.1, -0.05) is 24.3 Å². The van der Waals surface area contributed by atoms with Crippen LogP contribution in [-0.2, 0) is 16.0 Å². The molecule has 4 rings (SSSR count). The van der Waals surface area contributed by atoms with Crippen molar-refractivity contribution in [1.29, 1.82) is 0 Å². The third kappa shape index (κ3) is 4.89. The van der Waals surface area contributed by atoms with Crippen molar-refractivity contribution in [3.63, 3.8) is 0 Å². The number of hydrogen-bond donors (Lipinski definition) is 2. The van der Waals surface area contributed by atoms with Crippen LogP contribution in [0.3, 0.4) is 0 Å². The number of aromatic nitrogens is 1. The van der Waals surface area contributed by atoms with Crippen LogP contribution in [0.5, 0.6) is 0 Å². The molecule has 1 aromatic carbocycles. The van der Waals surface area contributed by atoms with E-state index >= 15 is 0 Å². The van der Waals surface area contributed by atoms with Crippen molar-refractivity contribution in [2.45, 2.75) is 44.6 Å². The molecule has 1 aliphatic carbocycles. The number of hydrogen-bond acceptors (Lipinski definition) is 6. The van der Waals surface area contributed by atoms with E-state index in [2.05, 4.69) is 30.0 Å². The van der Waals surface area contributed by atoms with Crippen molar-refractivity contribution in [3.8, 4) is 11.1 Å². The fourth-order valence-electron chi connectivity index (χ4n) is 4.56. The minimum Gasteiger partial charge on any atom is -0.396 e. The number of piperazine rings is 1. The van der Waals surface area contributed by atoms with Gasteiger partial charge in [-0.3, -0.25) is 4.79 Å². The Balaban J connectivity index is 1.58. The van der Waals surface area contributed by atoms with Crippen molar-refractivity contribution < 1.29 is 14.6 Å². The van der Waals surface area contributed by atoms with Crippen molar-refractivity contribution in [3.05, 3.63) is 41.6 Å². The molecular formula is C25H34N4O3. The van der Waals surface area contributed by atoms with Gasteiger partial charge in [0.25, 0.3) is 0 Å². The van der Waals surface area contributed by atoms with Crippen LogP contribution in [0, 0.1) is 0 Å². The first-order valence-electron chi connectivity index (χ1n) is 11.6. The molecule has 2 heterocycles. The zero-order chi connectivity index (χ0) is 22.7. The molecule has 2 aromatic rings. The van der Waals surface area contributed by atoms with Gasteiger partial charge in [0.15, 0.2) is 5.82 Å². The highest BCUT2D eigenvalue weighted by Gasteiger charge is 2.32. The Morgan fingerprint density at radius 3 is 2.78 bits per heavy atom. The number of aliphatic hydroxyl groups is 1. The highest BCUT2D eigenvalue weighted by Crippen LogP contribution is 2.45. The molecule has 32 heavy (non-hydrogen) atoms. The van der Waals surface area contributed by atoms with E-state index in [-0.39, 0.29) is 18.6 Å². The van der Waals surface area contributed by atoms with Crippen molar-refractivity contribution in [1.82, 2.24) is 9.88 Å². The quantitative estimate of drug-likeness (QED) is 0.659. The number of methoxy groups -OCH3 is 1. The molecule has 2 fully saturated rings. The maximum Gasteiger partial charge on any atom is 0.225 e. The maximum atomic E-state index is 12.5. The van der Waals surface area contributed by atoms with Crippen LogP contribution in [0.25, 0.3) is 11.1 Å². The number of nitrogens with zero attached hydrogens (tertiary/aromatic N) is 3. The third-order valence-electron chi connectivity index (χ3n) is 6.43. The Kier molecular flexibility index (Phi) is 6.96. The van der Waals surface area contributed by atoms with Gasteiger partial charge in [0.05, 0.1) is 24.4 Å². The SMILES string of the molecule is COCCC(=O)N1CCN(c2nc(C3CC3)c(-c3cccc(CCO)c3)cc2N)C[C@H]1C. The minimum absolute atomic E-state index is 0.0912. The Morgan fingerprint density at radius 2 is 2.09 bits per heavy atom. The fourth-order valence-corrected chi connectivity index (χ4v) is 4.56. The zero-order valence-corrected chi connectivity index (χ0v) is 19.1. The summed E-state index contributed by atoms with van der Waals surface area (Å²) >= 11 is 0. The first-order chi connectivity index (χ1) is 15.5. The molecule has 0 spiro atoms. The van der Waals surface area contributed by atoms with E-state index in [4.69, 9.17) is 15.5 Å². The average molecular weight is 439 g/mol. The molecule has 1 aromatic heterocycles. The molecule has 7 heteroatoms. The summed E-state index contributed by atoms with van der Waals surface area (Å²) in [5.74, 6) is 1.44. The molecule has 1 saturated carbocycles. The highest BCUT2D eigenvalue weighted by molar-refractivity contribution is 5.78. The maximum absolute atomic E-state index is 12.5. The average Bonchev–Trinajstić information content (AvgIpc) is 3.63. The summed E-state index contributed by atoms with van der Waals surface area (Å²) in [4.78, 5) is 21.7. The van der Waals surface area contributed by atoms with E-state index in [1.54, 1.807) is 7.11 Å². The second kappa shape index (κ2) is 9.88. The standard InChI is InChI=1S/C25H34N4O3/c1-17-16-28(10-11-29(17)23(31)9-13-32-2)25-22(26)15-21(24(27-25)19-6-7-19)20-5-3-4-18(14-20)8-12-30/h3-5,14-15,17,19,30H,6-13,16,26H2,1-2H3/t17-/m1/s1. The summed E-state index contributed by atoms with van der Waals surface area (Å²) in [5.41, 5.74) is 11.6. The van der Waals surface area contributed by atoms with Gasteiger partial charge < -0.3 is 25.4 Å². The Morgan fingerprint density at radius 1 is 1.28 bits per heavy atom. The number of ether oxygens (including phenoxy) is 1. The monoisotopic (exact) mass is 438 g/mol. The van der Waals surface area contributed by atoms with Crippen molar-refractivity contribution >= 4 is 17.4 Å². The first kappa shape index (κ1) is 22.6. The highest BCUT2D eigenvalue weighted by atomic mass is 16.5. The molecule has 1 saturated heterocycles. The summed E-state index contributed by atoms with van der Waals surface area (Å²) in [5, 5.41) is 9.31. The normalized spacial score (nSPS) is 18.8. The Hall–Kier alpha value is -2.64. The van der Waals surface area contributed by atoms with E-state index in [0.29, 0.717) is 44.1 Å². The van der Waals surface area contributed by atoms with Gasteiger partial charge >= 0.3 is 0 Å². The van der Waals surface area contributed by atoms with Gasteiger partial charge in [-0.15, -0.1) is 0 Å². The topological polar surface area (TPSA) is 91.9 Å². The molecule has 0 unspecified atom stereocenters. The molecule has 0 radical (unpaired) electrons. The van der Waals surface area contributed by atoms with E-state index in [9.17, 15) is 9.90 Å². The Labute approximate surface area is 190 Å². The second-order valence-electron chi connectivity index (χ2n) is 8.91. The number of carbonyl (C=O) groups is 1. The van der Waals surface area contributed by atoms with E-state index in [0.717, 1.165) is 47.6 Å². The van der Waals surface area contributed by atoms with Gasteiger partial charge in [0, 0.05) is 50.9 Å². The van der Waals surface area contributed by atoms with Gasteiger partial charge in [0.2, 0.25) is 5.91 Å². The largest absolute Gasteiger partial charge is 0.396 e. The third-order valence-corrected chi connectivity index (χ3v) is 6.43.